The number of ketones is 1. The molecule has 0 amide bonds. The highest BCUT2D eigenvalue weighted by molar-refractivity contribution is 6.32. The number of hydrogen-bond acceptors (Lipinski definition) is 2. The number of hydrogen-bond donors (Lipinski definition) is 1. The van der Waals surface area contributed by atoms with Crippen molar-refractivity contribution in [3.05, 3.63) is 71.0 Å². The van der Waals surface area contributed by atoms with Gasteiger partial charge in [-0.3, -0.25) is 4.79 Å². The lowest BCUT2D eigenvalue weighted by molar-refractivity contribution is -0.111. The molecule has 0 radical (unpaired) electrons. The van der Waals surface area contributed by atoms with E-state index >= 15 is 0 Å². The van der Waals surface area contributed by atoms with Gasteiger partial charge in [-0.15, -0.1) is 6.58 Å². The van der Waals surface area contributed by atoms with E-state index in [1.807, 2.05) is 13.0 Å². The third kappa shape index (κ3) is 3.60. The van der Waals surface area contributed by atoms with E-state index in [2.05, 4.69) is 6.58 Å². The van der Waals surface area contributed by atoms with Crippen LogP contribution in [-0.4, -0.2) is 10.9 Å². The molecule has 0 bridgehead atoms. The van der Waals surface area contributed by atoms with Crippen LogP contribution in [0.5, 0.6) is 0 Å². The van der Waals surface area contributed by atoms with Crippen molar-refractivity contribution in [2.24, 2.45) is 0 Å². The predicted octanol–water partition coefficient (Wildman–Crippen LogP) is 4.14. The number of aliphatic hydroxyl groups is 1. The molecule has 0 fully saturated rings. The standard InChI is InChI=1S/C15H15ClO2/c1-3-5-12(4-2)14-9-11(10-17)8-13(16)6-7-15(14)18/h3-4,6-10,17H,1,5H2,2H3/b7-6-,11-10-,12-4+,13-8+,14-9-. The number of allylic oxidation sites excluding steroid dienone is 10. The summed E-state index contributed by atoms with van der Waals surface area (Å²) < 4.78 is 0. The van der Waals surface area contributed by atoms with Crippen molar-refractivity contribution in [3.63, 3.8) is 0 Å². The van der Waals surface area contributed by atoms with Crippen molar-refractivity contribution in [1.82, 2.24) is 0 Å². The molecule has 0 atom stereocenters. The van der Waals surface area contributed by atoms with Gasteiger partial charge in [-0.1, -0.05) is 23.8 Å². The van der Waals surface area contributed by atoms with Crippen LogP contribution in [0.15, 0.2) is 71.0 Å². The summed E-state index contributed by atoms with van der Waals surface area (Å²) in [6, 6.07) is 0. The van der Waals surface area contributed by atoms with Crippen LogP contribution in [0.2, 0.25) is 0 Å². The number of rotatable bonds is 3. The molecule has 0 aromatic carbocycles. The molecule has 1 N–H and O–H groups in total. The Morgan fingerprint density at radius 2 is 2.17 bits per heavy atom. The Hall–Kier alpha value is -1.80. The van der Waals surface area contributed by atoms with E-state index < -0.39 is 0 Å². The highest BCUT2D eigenvalue weighted by Gasteiger charge is 2.13. The average molecular weight is 263 g/mol. The number of halogens is 1. The molecular weight excluding hydrogens is 248 g/mol. The fraction of sp³-hybridized carbons (Fsp3) is 0.133. The first-order chi connectivity index (χ1) is 8.62. The van der Waals surface area contributed by atoms with Crippen LogP contribution in [0.4, 0.5) is 0 Å². The van der Waals surface area contributed by atoms with Crippen LogP contribution >= 0.6 is 11.6 Å². The molecule has 0 spiro atoms. The molecule has 0 saturated heterocycles. The Bertz CT molecular complexity index is 503. The maximum absolute atomic E-state index is 12.0. The molecule has 0 aromatic rings. The summed E-state index contributed by atoms with van der Waals surface area (Å²) in [7, 11) is 0. The Balaban J connectivity index is 3.31. The van der Waals surface area contributed by atoms with Crippen LogP contribution < -0.4 is 0 Å². The third-order valence-corrected chi connectivity index (χ3v) is 2.72. The maximum atomic E-state index is 12.0. The molecule has 3 heteroatoms. The molecular formula is C15H15ClO2. The number of carbonyl (C=O) groups is 1. The first-order valence-corrected chi connectivity index (χ1v) is 5.92. The molecule has 1 aliphatic rings. The molecule has 0 heterocycles. The smallest absolute Gasteiger partial charge is 0.186 e. The average Bonchev–Trinajstić information content (AvgIpc) is 2.36. The zero-order chi connectivity index (χ0) is 13.5. The molecule has 0 aliphatic heterocycles. The van der Waals surface area contributed by atoms with Gasteiger partial charge in [0.1, 0.15) is 0 Å². The quantitative estimate of drug-likeness (QED) is 0.613. The zero-order valence-corrected chi connectivity index (χ0v) is 10.9. The lowest BCUT2D eigenvalue weighted by atomic mass is 9.95. The number of aliphatic hydroxyl groups excluding tert-OH is 1. The van der Waals surface area contributed by atoms with Crippen LogP contribution in [-0.2, 0) is 4.79 Å². The molecule has 0 aromatic heterocycles. The largest absolute Gasteiger partial charge is 0.515 e. The first kappa shape index (κ1) is 14.3. The molecule has 0 saturated carbocycles. The van der Waals surface area contributed by atoms with Gasteiger partial charge in [-0.25, -0.2) is 0 Å². The third-order valence-electron chi connectivity index (χ3n) is 2.48. The Kier molecular flexibility index (Phi) is 5.40. The van der Waals surface area contributed by atoms with E-state index in [4.69, 9.17) is 16.7 Å². The Morgan fingerprint density at radius 3 is 2.72 bits per heavy atom. The lowest BCUT2D eigenvalue weighted by Gasteiger charge is -2.09. The molecule has 2 nitrogen and oxygen atoms in total. The van der Waals surface area contributed by atoms with Gasteiger partial charge in [0.05, 0.1) is 6.26 Å². The van der Waals surface area contributed by atoms with E-state index in [0.29, 0.717) is 22.6 Å². The van der Waals surface area contributed by atoms with Crippen molar-refractivity contribution in [2.45, 2.75) is 13.3 Å². The van der Waals surface area contributed by atoms with Crippen LogP contribution in [0, 0.1) is 0 Å². The van der Waals surface area contributed by atoms with Crippen molar-refractivity contribution in [1.29, 1.82) is 0 Å². The van der Waals surface area contributed by atoms with E-state index in [1.54, 1.807) is 18.2 Å². The normalized spacial score (nSPS) is 26.7. The lowest BCUT2D eigenvalue weighted by Crippen LogP contribution is -2.04. The van der Waals surface area contributed by atoms with Crippen molar-refractivity contribution in [3.8, 4) is 0 Å². The highest BCUT2D eigenvalue weighted by atomic mass is 35.5. The minimum atomic E-state index is -0.143. The van der Waals surface area contributed by atoms with Crippen LogP contribution in [0.25, 0.3) is 0 Å². The summed E-state index contributed by atoms with van der Waals surface area (Å²) in [6.45, 7) is 5.53. The van der Waals surface area contributed by atoms with Gasteiger partial charge in [-0.2, -0.15) is 0 Å². The Morgan fingerprint density at radius 1 is 1.44 bits per heavy atom. The van der Waals surface area contributed by atoms with Crippen LogP contribution in [0.1, 0.15) is 13.3 Å². The van der Waals surface area contributed by atoms with Crippen molar-refractivity contribution in [2.75, 3.05) is 0 Å². The van der Waals surface area contributed by atoms with Crippen molar-refractivity contribution >= 4 is 17.4 Å². The van der Waals surface area contributed by atoms with Crippen LogP contribution in [0.3, 0.4) is 0 Å². The van der Waals surface area contributed by atoms with Gasteiger partial charge < -0.3 is 5.11 Å². The summed E-state index contributed by atoms with van der Waals surface area (Å²) >= 11 is 5.86. The second kappa shape index (κ2) is 6.82. The Labute approximate surface area is 112 Å². The second-order valence-electron chi connectivity index (χ2n) is 3.72. The van der Waals surface area contributed by atoms with E-state index in [0.717, 1.165) is 11.8 Å². The zero-order valence-electron chi connectivity index (χ0n) is 10.2. The predicted molar refractivity (Wildman–Crippen MR) is 75.4 cm³/mol. The fourth-order valence-electron chi connectivity index (χ4n) is 1.60. The summed E-state index contributed by atoms with van der Waals surface area (Å²) in [5, 5.41) is 9.52. The van der Waals surface area contributed by atoms with Crippen molar-refractivity contribution < 1.29 is 9.90 Å². The summed E-state index contributed by atoms with van der Waals surface area (Å²) in [5.74, 6) is -0.143. The second-order valence-corrected chi connectivity index (χ2v) is 4.16. The summed E-state index contributed by atoms with van der Waals surface area (Å²) in [6.07, 6.45) is 11.3. The summed E-state index contributed by atoms with van der Waals surface area (Å²) in [5.41, 5.74) is 1.89. The minimum absolute atomic E-state index is 0.143. The van der Waals surface area contributed by atoms with Gasteiger partial charge in [0.2, 0.25) is 0 Å². The maximum Gasteiger partial charge on any atom is 0.186 e. The van der Waals surface area contributed by atoms with Gasteiger partial charge in [0.25, 0.3) is 0 Å². The van der Waals surface area contributed by atoms with Gasteiger partial charge in [0.15, 0.2) is 5.78 Å². The van der Waals surface area contributed by atoms with Gasteiger partial charge in [-0.05, 0) is 43.2 Å². The fourth-order valence-corrected chi connectivity index (χ4v) is 1.79. The minimum Gasteiger partial charge on any atom is -0.515 e. The number of carbonyl (C=O) groups excluding carboxylic acids is 1. The monoisotopic (exact) mass is 262 g/mol. The van der Waals surface area contributed by atoms with E-state index in [1.165, 1.54) is 12.2 Å². The SMILES string of the molecule is C=CCC(=C\C)/C1=C/C(=C\O)/C=C(Cl)\C=C/C1=O. The molecule has 18 heavy (non-hydrogen) atoms. The summed E-state index contributed by atoms with van der Waals surface area (Å²) in [4.78, 5) is 12.0. The molecule has 94 valence electrons. The molecule has 0 unspecified atom stereocenters. The molecule has 1 aliphatic carbocycles. The van der Waals surface area contributed by atoms with E-state index in [9.17, 15) is 4.79 Å². The highest BCUT2D eigenvalue weighted by Crippen LogP contribution is 2.22. The molecule has 1 rings (SSSR count). The van der Waals surface area contributed by atoms with Gasteiger partial charge in [0, 0.05) is 16.2 Å². The topological polar surface area (TPSA) is 37.3 Å². The first-order valence-electron chi connectivity index (χ1n) is 5.54. The van der Waals surface area contributed by atoms with Gasteiger partial charge >= 0.3 is 0 Å². The van der Waals surface area contributed by atoms with E-state index in [-0.39, 0.29) is 5.78 Å².